The number of carbonyl (C=O) groups is 2. The van der Waals surface area contributed by atoms with Gasteiger partial charge in [-0.3, -0.25) is 9.59 Å². The molecule has 0 radical (unpaired) electrons. The molecule has 0 spiro atoms. The Balaban J connectivity index is 1.51. The Morgan fingerprint density at radius 3 is 2.60 bits per heavy atom. The van der Waals surface area contributed by atoms with Gasteiger partial charge in [-0.15, -0.1) is 11.8 Å². The largest absolute Gasteiger partial charge is 0.381 e. The zero-order valence-electron chi connectivity index (χ0n) is 16.9. The molecule has 2 aromatic rings. The molecule has 4 rings (SSSR count). The number of benzene rings is 2. The minimum absolute atomic E-state index is 0.00413. The van der Waals surface area contributed by atoms with Crippen molar-refractivity contribution >= 4 is 45.2 Å². The summed E-state index contributed by atoms with van der Waals surface area (Å²) in [5.41, 5.74) is 1.46. The molecule has 2 fully saturated rings. The van der Waals surface area contributed by atoms with Gasteiger partial charge in [0.25, 0.3) is 0 Å². The van der Waals surface area contributed by atoms with Crippen molar-refractivity contribution in [2.75, 3.05) is 30.9 Å². The quantitative estimate of drug-likeness (QED) is 0.635. The van der Waals surface area contributed by atoms with Gasteiger partial charge in [-0.25, -0.2) is 0 Å². The third-order valence-corrected chi connectivity index (χ3v) is 7.20. The summed E-state index contributed by atoms with van der Waals surface area (Å²) in [5, 5.41) is 3.31. The van der Waals surface area contributed by atoms with Gasteiger partial charge >= 0.3 is 0 Å². The van der Waals surface area contributed by atoms with Crippen LogP contribution in [-0.4, -0.2) is 37.8 Å². The van der Waals surface area contributed by atoms with Crippen molar-refractivity contribution in [2.45, 2.75) is 29.7 Å². The first-order chi connectivity index (χ1) is 14.5. The summed E-state index contributed by atoms with van der Waals surface area (Å²) in [4.78, 5) is 28.8. The van der Waals surface area contributed by atoms with E-state index < -0.39 is 5.54 Å². The molecule has 158 valence electrons. The number of carbonyl (C=O) groups excluding carboxylic acids is 2. The number of thioether (sulfide) groups is 1. The Hall–Kier alpha value is -1.83. The fourth-order valence-electron chi connectivity index (χ4n) is 4.22. The molecule has 0 bridgehead atoms. The molecule has 30 heavy (non-hydrogen) atoms. The van der Waals surface area contributed by atoms with Crippen LogP contribution in [0.15, 0.2) is 57.9 Å². The Morgan fingerprint density at radius 1 is 1.20 bits per heavy atom. The molecule has 5 nitrogen and oxygen atoms in total. The number of hydrogen-bond acceptors (Lipinski definition) is 4. The van der Waals surface area contributed by atoms with Gasteiger partial charge in [0, 0.05) is 41.2 Å². The Bertz CT molecular complexity index is 928. The van der Waals surface area contributed by atoms with Crippen LogP contribution in [0.2, 0.25) is 0 Å². The van der Waals surface area contributed by atoms with Crippen LogP contribution >= 0.6 is 27.7 Å². The number of amides is 2. The number of halogens is 1. The molecule has 1 N–H and O–H groups in total. The first kappa shape index (κ1) is 21.4. The predicted octanol–water partition coefficient (Wildman–Crippen LogP) is 4.35. The molecule has 2 aromatic carbocycles. The highest BCUT2D eigenvalue weighted by Gasteiger charge is 2.41. The van der Waals surface area contributed by atoms with Crippen molar-refractivity contribution in [3.8, 4) is 0 Å². The number of nitrogens with one attached hydrogen (secondary N) is 1. The molecule has 0 aliphatic carbocycles. The lowest BCUT2D eigenvalue weighted by molar-refractivity contribution is -0.129. The zero-order chi connectivity index (χ0) is 21.1. The summed E-state index contributed by atoms with van der Waals surface area (Å²) in [6.07, 6.45) is 3.69. The molecule has 2 aliphatic rings. The first-order valence-electron chi connectivity index (χ1n) is 10.1. The van der Waals surface area contributed by atoms with Crippen LogP contribution in [0.1, 0.15) is 24.8 Å². The van der Waals surface area contributed by atoms with E-state index in [9.17, 15) is 9.59 Å². The Kier molecular flexibility index (Phi) is 6.51. The van der Waals surface area contributed by atoms with Gasteiger partial charge in [0.05, 0.1) is 11.5 Å². The molecule has 2 aliphatic heterocycles. The molecule has 7 heteroatoms. The lowest BCUT2D eigenvalue weighted by Crippen LogP contribution is -2.51. The van der Waals surface area contributed by atoms with Gasteiger partial charge < -0.3 is 15.0 Å². The second kappa shape index (κ2) is 9.12. The molecule has 2 amide bonds. The number of ether oxygens (including phenoxy) is 1. The number of anilines is 1. The van der Waals surface area contributed by atoms with E-state index in [1.807, 2.05) is 42.7 Å². The van der Waals surface area contributed by atoms with Crippen LogP contribution in [-0.2, 0) is 19.9 Å². The van der Waals surface area contributed by atoms with Crippen LogP contribution in [0.5, 0.6) is 0 Å². The number of nitrogens with zero attached hydrogens (tertiary/aromatic N) is 1. The second-order valence-corrected chi connectivity index (χ2v) is 9.59. The SMILES string of the molecule is CSc1ccc(N2CC(C(=O)NC3(c4cccc(Br)c4)CCOCC3)CC2=O)cc1. The minimum atomic E-state index is -0.463. The lowest BCUT2D eigenvalue weighted by Gasteiger charge is -2.39. The van der Waals surface area contributed by atoms with Crippen LogP contribution in [0.3, 0.4) is 0 Å². The van der Waals surface area contributed by atoms with Gasteiger partial charge in [-0.05, 0) is 61.1 Å². The van der Waals surface area contributed by atoms with Crippen LogP contribution < -0.4 is 10.2 Å². The summed E-state index contributed by atoms with van der Waals surface area (Å²) < 4.78 is 6.55. The summed E-state index contributed by atoms with van der Waals surface area (Å²) in [6, 6.07) is 16.0. The maximum atomic E-state index is 13.3. The first-order valence-corrected chi connectivity index (χ1v) is 12.1. The van der Waals surface area contributed by atoms with E-state index in [-0.39, 0.29) is 24.2 Å². The van der Waals surface area contributed by atoms with Gasteiger partial charge in [0.15, 0.2) is 0 Å². The third-order valence-electron chi connectivity index (χ3n) is 5.97. The summed E-state index contributed by atoms with van der Waals surface area (Å²) in [7, 11) is 0. The molecule has 0 saturated carbocycles. The summed E-state index contributed by atoms with van der Waals surface area (Å²) in [6.45, 7) is 1.61. The Labute approximate surface area is 189 Å². The molecule has 1 atom stereocenters. The minimum Gasteiger partial charge on any atom is -0.381 e. The number of rotatable bonds is 5. The predicted molar refractivity (Wildman–Crippen MR) is 123 cm³/mol. The molecule has 2 saturated heterocycles. The standard InChI is InChI=1S/C23H25BrN2O3S/c1-30-20-7-5-19(6-8-20)26-15-16(13-21(26)27)22(28)25-23(9-11-29-12-10-23)17-3-2-4-18(24)14-17/h2-8,14,16H,9-13,15H2,1H3,(H,25,28). The number of hydrogen-bond donors (Lipinski definition) is 1. The van der Waals surface area contributed by atoms with E-state index >= 15 is 0 Å². The topological polar surface area (TPSA) is 58.6 Å². The molecule has 0 aromatic heterocycles. The smallest absolute Gasteiger partial charge is 0.227 e. The highest BCUT2D eigenvalue weighted by Crippen LogP contribution is 2.35. The van der Waals surface area contributed by atoms with Gasteiger partial charge in [-0.1, -0.05) is 28.1 Å². The van der Waals surface area contributed by atoms with E-state index in [2.05, 4.69) is 33.4 Å². The average molecular weight is 489 g/mol. The maximum absolute atomic E-state index is 13.3. The molecule has 1 unspecified atom stereocenters. The second-order valence-electron chi connectivity index (χ2n) is 7.80. The summed E-state index contributed by atoms with van der Waals surface area (Å²) >= 11 is 5.20. The van der Waals surface area contributed by atoms with Gasteiger partial charge in [-0.2, -0.15) is 0 Å². The van der Waals surface area contributed by atoms with Crippen molar-refractivity contribution in [2.24, 2.45) is 5.92 Å². The van der Waals surface area contributed by atoms with Crippen LogP contribution in [0.4, 0.5) is 5.69 Å². The van der Waals surface area contributed by atoms with Crippen molar-refractivity contribution in [1.82, 2.24) is 5.32 Å². The van der Waals surface area contributed by atoms with Crippen LogP contribution in [0.25, 0.3) is 0 Å². The van der Waals surface area contributed by atoms with Crippen molar-refractivity contribution < 1.29 is 14.3 Å². The fraction of sp³-hybridized carbons (Fsp3) is 0.391. The van der Waals surface area contributed by atoms with Crippen molar-refractivity contribution in [3.63, 3.8) is 0 Å². The highest BCUT2D eigenvalue weighted by molar-refractivity contribution is 9.10. The van der Waals surface area contributed by atoms with Crippen molar-refractivity contribution in [1.29, 1.82) is 0 Å². The monoisotopic (exact) mass is 488 g/mol. The third kappa shape index (κ3) is 4.43. The normalized spacial score (nSPS) is 20.9. The van der Waals surface area contributed by atoms with E-state index in [1.165, 1.54) is 0 Å². The van der Waals surface area contributed by atoms with E-state index in [0.717, 1.165) is 33.5 Å². The van der Waals surface area contributed by atoms with Crippen LogP contribution in [0, 0.1) is 5.92 Å². The molecule has 2 heterocycles. The van der Waals surface area contributed by atoms with E-state index in [0.29, 0.717) is 19.8 Å². The lowest BCUT2D eigenvalue weighted by atomic mass is 9.82. The van der Waals surface area contributed by atoms with E-state index in [1.54, 1.807) is 16.7 Å². The average Bonchev–Trinajstić information content (AvgIpc) is 3.16. The van der Waals surface area contributed by atoms with Gasteiger partial charge in [0.2, 0.25) is 11.8 Å². The van der Waals surface area contributed by atoms with E-state index in [4.69, 9.17) is 4.74 Å². The zero-order valence-corrected chi connectivity index (χ0v) is 19.3. The highest BCUT2D eigenvalue weighted by atomic mass is 79.9. The Morgan fingerprint density at radius 2 is 1.93 bits per heavy atom. The van der Waals surface area contributed by atoms with Crippen molar-refractivity contribution in [3.05, 3.63) is 58.6 Å². The fourth-order valence-corrected chi connectivity index (χ4v) is 5.03. The summed E-state index contributed by atoms with van der Waals surface area (Å²) in [5.74, 6) is -0.423. The van der Waals surface area contributed by atoms with Gasteiger partial charge in [0.1, 0.15) is 0 Å². The maximum Gasteiger partial charge on any atom is 0.227 e. The molecular weight excluding hydrogens is 464 g/mol. The molecular formula is C23H25BrN2O3S.